The zero-order chi connectivity index (χ0) is 25.2. The Bertz CT molecular complexity index is 1220. The first kappa shape index (κ1) is 25.6. The molecule has 1 aliphatic heterocycles. The summed E-state index contributed by atoms with van der Waals surface area (Å²) in [5, 5.41) is 2.93. The van der Waals surface area contributed by atoms with Gasteiger partial charge in [0.1, 0.15) is 0 Å². The summed E-state index contributed by atoms with van der Waals surface area (Å²) in [6.45, 7) is 9.40. The molecule has 0 spiro atoms. The number of likely N-dealkylation sites (tertiary alicyclic amines) is 1. The van der Waals surface area contributed by atoms with Gasteiger partial charge < -0.3 is 10.2 Å². The van der Waals surface area contributed by atoms with Crippen molar-refractivity contribution in [2.45, 2.75) is 77.2 Å². The standard InChI is InChI=1S/C28H37N3O3S/c1-19-9-5-8-12-25(19)28(32)29-26-13-14-27(21(3)20(26)2)35(33,34)30-22(4)23-15-17-31(18-16-23)24-10-6-7-11-24/h5,8-9,12-14,23-24H,6-7,10-11,15-18H2,1-4H3,(H,29,32). The summed E-state index contributed by atoms with van der Waals surface area (Å²) in [7, 11) is -3.83. The lowest BCUT2D eigenvalue weighted by atomic mass is 9.92. The maximum Gasteiger partial charge on any atom is 0.282 e. The molecule has 2 fully saturated rings. The smallest absolute Gasteiger partial charge is 0.282 e. The second kappa shape index (κ2) is 10.6. The SMILES string of the molecule is CC(=NS(=O)(=O)c1ccc(NC(=O)c2ccccc2C)c(C)c1C)C1CCN(C2CCCC2)CC1. The monoisotopic (exact) mass is 495 g/mol. The summed E-state index contributed by atoms with van der Waals surface area (Å²) in [6, 6.07) is 11.3. The normalized spacial score (nSPS) is 18.7. The molecule has 2 aromatic carbocycles. The Labute approximate surface area is 209 Å². The van der Waals surface area contributed by atoms with Crippen molar-refractivity contribution < 1.29 is 13.2 Å². The summed E-state index contributed by atoms with van der Waals surface area (Å²) in [5.41, 5.74) is 4.13. The maximum absolute atomic E-state index is 13.2. The van der Waals surface area contributed by atoms with Crippen LogP contribution in [0, 0.1) is 26.7 Å². The molecule has 0 unspecified atom stereocenters. The number of rotatable bonds is 6. The number of carbonyl (C=O) groups excluding carboxylic acids is 1. The van der Waals surface area contributed by atoms with Crippen molar-refractivity contribution in [3.8, 4) is 0 Å². The molecule has 188 valence electrons. The van der Waals surface area contributed by atoms with Gasteiger partial charge in [-0.25, -0.2) is 0 Å². The van der Waals surface area contributed by atoms with Crippen LogP contribution >= 0.6 is 0 Å². The molecule has 7 heteroatoms. The van der Waals surface area contributed by atoms with E-state index in [1.54, 1.807) is 25.1 Å². The molecule has 1 saturated carbocycles. The number of hydrogen-bond donors (Lipinski definition) is 1. The number of nitrogens with one attached hydrogen (secondary N) is 1. The van der Waals surface area contributed by atoms with Gasteiger partial charge in [0.05, 0.1) is 4.90 Å². The largest absolute Gasteiger partial charge is 0.322 e. The third-order valence-electron chi connectivity index (χ3n) is 7.88. The third kappa shape index (κ3) is 5.67. The molecule has 35 heavy (non-hydrogen) atoms. The quantitative estimate of drug-likeness (QED) is 0.524. The van der Waals surface area contributed by atoms with Crippen molar-refractivity contribution in [2.75, 3.05) is 18.4 Å². The molecule has 1 aliphatic carbocycles. The van der Waals surface area contributed by atoms with Crippen molar-refractivity contribution in [1.29, 1.82) is 0 Å². The van der Waals surface area contributed by atoms with Gasteiger partial charge in [0.2, 0.25) is 0 Å². The van der Waals surface area contributed by atoms with Crippen molar-refractivity contribution in [3.05, 3.63) is 58.7 Å². The van der Waals surface area contributed by atoms with E-state index in [1.165, 1.54) is 25.7 Å². The van der Waals surface area contributed by atoms with E-state index in [4.69, 9.17) is 0 Å². The molecule has 0 aromatic heterocycles. The summed E-state index contributed by atoms with van der Waals surface area (Å²) >= 11 is 0. The zero-order valence-corrected chi connectivity index (χ0v) is 22.1. The second-order valence-electron chi connectivity index (χ2n) is 10.1. The first-order valence-electron chi connectivity index (χ1n) is 12.7. The Balaban J connectivity index is 1.47. The molecule has 2 aliphatic rings. The van der Waals surface area contributed by atoms with Gasteiger partial charge in [-0.1, -0.05) is 31.0 Å². The Morgan fingerprint density at radius 3 is 2.26 bits per heavy atom. The molecular formula is C28H37N3O3S. The second-order valence-corrected chi connectivity index (χ2v) is 11.7. The highest BCUT2D eigenvalue weighted by molar-refractivity contribution is 7.90. The minimum absolute atomic E-state index is 0.201. The van der Waals surface area contributed by atoms with Gasteiger partial charge in [-0.05, 0) is 101 Å². The number of hydrogen-bond acceptors (Lipinski definition) is 4. The van der Waals surface area contributed by atoms with Crippen LogP contribution in [0.25, 0.3) is 0 Å². The highest BCUT2D eigenvalue weighted by atomic mass is 32.2. The van der Waals surface area contributed by atoms with Gasteiger partial charge in [-0.2, -0.15) is 12.8 Å². The number of nitrogens with zero attached hydrogens (tertiary/aromatic N) is 2. The van der Waals surface area contributed by atoms with Crippen LogP contribution in [0.5, 0.6) is 0 Å². The van der Waals surface area contributed by atoms with Crippen LogP contribution in [0.3, 0.4) is 0 Å². The number of benzene rings is 2. The minimum atomic E-state index is -3.83. The number of anilines is 1. The summed E-state index contributed by atoms with van der Waals surface area (Å²) in [6.07, 6.45) is 7.18. The van der Waals surface area contributed by atoms with Gasteiger partial charge in [-0.3, -0.25) is 4.79 Å². The predicted octanol–water partition coefficient (Wildman–Crippen LogP) is 5.67. The van der Waals surface area contributed by atoms with Crippen LogP contribution < -0.4 is 5.32 Å². The van der Waals surface area contributed by atoms with E-state index in [1.807, 2.05) is 39.0 Å². The number of aryl methyl sites for hydroxylation is 1. The van der Waals surface area contributed by atoms with Gasteiger partial charge in [0.25, 0.3) is 15.9 Å². The molecule has 0 atom stereocenters. The van der Waals surface area contributed by atoms with Gasteiger partial charge >= 0.3 is 0 Å². The van der Waals surface area contributed by atoms with Crippen LogP contribution in [0.1, 0.15) is 72.5 Å². The van der Waals surface area contributed by atoms with E-state index in [2.05, 4.69) is 14.6 Å². The molecule has 1 saturated heterocycles. The van der Waals surface area contributed by atoms with Gasteiger partial charge in [0.15, 0.2) is 0 Å². The average Bonchev–Trinajstić information content (AvgIpc) is 3.37. The minimum Gasteiger partial charge on any atom is -0.322 e. The fourth-order valence-electron chi connectivity index (χ4n) is 5.49. The summed E-state index contributed by atoms with van der Waals surface area (Å²) in [5.74, 6) is -0.00415. The average molecular weight is 496 g/mol. The summed E-state index contributed by atoms with van der Waals surface area (Å²) < 4.78 is 30.8. The van der Waals surface area contributed by atoms with Crippen molar-refractivity contribution in [3.63, 3.8) is 0 Å². The molecule has 2 aromatic rings. The van der Waals surface area contributed by atoms with Crippen molar-refractivity contribution >= 4 is 27.3 Å². The molecule has 0 radical (unpaired) electrons. The van der Waals surface area contributed by atoms with E-state index in [9.17, 15) is 13.2 Å². The lowest BCUT2D eigenvalue weighted by molar-refractivity contribution is 0.102. The van der Waals surface area contributed by atoms with E-state index >= 15 is 0 Å². The lowest BCUT2D eigenvalue weighted by Gasteiger charge is -2.35. The Kier molecular flexibility index (Phi) is 7.77. The maximum atomic E-state index is 13.2. The highest BCUT2D eigenvalue weighted by Gasteiger charge is 2.29. The number of piperidine rings is 1. The van der Waals surface area contributed by atoms with Crippen LogP contribution in [0.2, 0.25) is 0 Å². The third-order valence-corrected chi connectivity index (χ3v) is 9.41. The summed E-state index contributed by atoms with van der Waals surface area (Å²) in [4.78, 5) is 15.5. The van der Waals surface area contributed by atoms with Crippen LogP contribution in [0.4, 0.5) is 5.69 Å². The number of sulfonamides is 1. The van der Waals surface area contributed by atoms with Gasteiger partial charge in [-0.15, -0.1) is 0 Å². The first-order valence-corrected chi connectivity index (χ1v) is 14.1. The Hall–Kier alpha value is -2.51. The fourth-order valence-corrected chi connectivity index (χ4v) is 6.90. The molecule has 4 rings (SSSR count). The number of carbonyl (C=O) groups is 1. The molecule has 1 heterocycles. The number of amides is 1. The van der Waals surface area contributed by atoms with Crippen LogP contribution in [0.15, 0.2) is 45.7 Å². The van der Waals surface area contributed by atoms with Gasteiger partial charge in [0, 0.05) is 28.9 Å². The highest BCUT2D eigenvalue weighted by Crippen LogP contribution is 2.30. The molecule has 1 N–H and O–H groups in total. The molecular weight excluding hydrogens is 458 g/mol. The van der Waals surface area contributed by atoms with E-state index < -0.39 is 10.0 Å². The Morgan fingerprint density at radius 1 is 0.943 bits per heavy atom. The fraction of sp³-hybridized carbons (Fsp3) is 0.500. The van der Waals surface area contributed by atoms with Crippen LogP contribution in [-0.2, 0) is 10.0 Å². The predicted molar refractivity (Wildman–Crippen MR) is 142 cm³/mol. The van der Waals surface area contributed by atoms with Crippen molar-refractivity contribution in [1.82, 2.24) is 4.90 Å². The van der Waals surface area contributed by atoms with E-state index in [-0.39, 0.29) is 16.7 Å². The Morgan fingerprint density at radius 2 is 1.60 bits per heavy atom. The molecule has 1 amide bonds. The van der Waals surface area contributed by atoms with Crippen molar-refractivity contribution in [2.24, 2.45) is 10.3 Å². The molecule has 0 bridgehead atoms. The molecule has 6 nitrogen and oxygen atoms in total. The topological polar surface area (TPSA) is 78.8 Å². The van der Waals surface area contributed by atoms with E-state index in [0.717, 1.165) is 37.1 Å². The van der Waals surface area contributed by atoms with E-state index in [0.29, 0.717) is 28.6 Å². The lowest BCUT2D eigenvalue weighted by Crippen LogP contribution is -2.41. The van der Waals surface area contributed by atoms with Crippen LogP contribution in [-0.4, -0.2) is 44.1 Å². The zero-order valence-electron chi connectivity index (χ0n) is 21.3. The first-order chi connectivity index (χ1) is 16.7.